The van der Waals surface area contributed by atoms with Crippen molar-refractivity contribution in [2.75, 3.05) is 13.2 Å². The minimum absolute atomic E-state index is 0. The third-order valence-electron chi connectivity index (χ3n) is 6.01. The van der Waals surface area contributed by atoms with Crippen LogP contribution in [0.4, 0.5) is 0 Å². The molecule has 1 aromatic heterocycles. The maximum Gasteiger partial charge on any atom is 0.191 e. The van der Waals surface area contributed by atoms with Gasteiger partial charge in [-0.3, -0.25) is 4.99 Å². The summed E-state index contributed by atoms with van der Waals surface area (Å²) in [5.41, 5.74) is 0.153. The first-order valence-electron chi connectivity index (χ1n) is 9.58. The second kappa shape index (κ2) is 7.61. The average Bonchev–Trinajstić information content (AvgIpc) is 3.16. The Bertz CT molecular complexity index is 673. The lowest BCUT2D eigenvalue weighted by Crippen LogP contribution is -2.68. The maximum atomic E-state index is 5.91. The molecule has 1 aliphatic carbocycles. The molecule has 2 fully saturated rings. The Hall–Kier alpha value is -0.900. The highest BCUT2D eigenvalue weighted by Gasteiger charge is 2.59. The number of aromatic nitrogens is 3. The van der Waals surface area contributed by atoms with E-state index >= 15 is 0 Å². The van der Waals surface area contributed by atoms with Crippen LogP contribution >= 0.6 is 24.0 Å². The van der Waals surface area contributed by atoms with Crippen molar-refractivity contribution in [3.05, 3.63) is 11.6 Å². The number of fused-ring (bicyclic) bond motifs is 2. The highest BCUT2D eigenvalue weighted by atomic mass is 127. The van der Waals surface area contributed by atoms with Crippen molar-refractivity contribution >= 4 is 29.9 Å². The molecule has 0 spiro atoms. The van der Waals surface area contributed by atoms with Gasteiger partial charge in [-0.15, -0.1) is 24.0 Å². The van der Waals surface area contributed by atoms with Crippen molar-refractivity contribution in [2.45, 2.75) is 71.7 Å². The number of aryl methyl sites for hydroxylation is 2. The van der Waals surface area contributed by atoms with E-state index in [2.05, 4.69) is 46.5 Å². The Morgan fingerprint density at radius 1 is 1.35 bits per heavy atom. The summed E-state index contributed by atoms with van der Waals surface area (Å²) in [6.45, 7) is 11.1. The van der Waals surface area contributed by atoms with E-state index in [0.717, 1.165) is 56.6 Å². The van der Waals surface area contributed by atoms with Gasteiger partial charge in [-0.1, -0.05) is 13.8 Å². The molecule has 1 saturated heterocycles. The van der Waals surface area contributed by atoms with Crippen molar-refractivity contribution in [2.24, 2.45) is 16.3 Å². The van der Waals surface area contributed by atoms with E-state index in [9.17, 15) is 0 Å². The molecule has 7 nitrogen and oxygen atoms in total. The van der Waals surface area contributed by atoms with E-state index < -0.39 is 0 Å². The SMILES string of the molecule is CCN=C(NC1CCc2nc(C)nn2C1)NC1C2CCOC2C1(C)C.I. The largest absolute Gasteiger partial charge is 0.377 e. The zero-order valence-corrected chi connectivity index (χ0v) is 18.5. The lowest BCUT2D eigenvalue weighted by Gasteiger charge is -2.55. The van der Waals surface area contributed by atoms with Gasteiger partial charge < -0.3 is 15.4 Å². The van der Waals surface area contributed by atoms with Crippen LogP contribution in [-0.2, 0) is 17.7 Å². The molecule has 4 rings (SSSR count). The number of nitrogens with one attached hydrogen (secondary N) is 2. The molecule has 146 valence electrons. The van der Waals surface area contributed by atoms with Crippen molar-refractivity contribution in [1.82, 2.24) is 25.4 Å². The monoisotopic (exact) mass is 474 g/mol. The van der Waals surface area contributed by atoms with Crippen LogP contribution in [0, 0.1) is 18.3 Å². The van der Waals surface area contributed by atoms with Gasteiger partial charge in [-0.25, -0.2) is 9.67 Å². The molecule has 2 aliphatic heterocycles. The number of hydrogen-bond acceptors (Lipinski definition) is 4. The standard InChI is InChI=1S/C18H30N6O.HI/c1-5-19-17(22-15-13-8-9-25-16(13)18(15,3)4)21-12-6-7-14-20-11(2)23-24(14)10-12;/h12-13,15-16H,5-10H2,1-4H3,(H2,19,21,22);1H. The summed E-state index contributed by atoms with van der Waals surface area (Å²) in [6, 6.07) is 0.760. The fourth-order valence-corrected chi connectivity index (χ4v) is 4.80. The van der Waals surface area contributed by atoms with Gasteiger partial charge in [0.25, 0.3) is 0 Å². The number of guanidine groups is 1. The molecule has 0 amide bonds. The van der Waals surface area contributed by atoms with E-state index in [1.165, 1.54) is 0 Å². The molecule has 3 aliphatic rings. The number of nitrogens with zero attached hydrogens (tertiary/aromatic N) is 4. The minimum atomic E-state index is 0. The van der Waals surface area contributed by atoms with Gasteiger partial charge in [0.15, 0.2) is 5.96 Å². The van der Waals surface area contributed by atoms with Gasteiger partial charge in [-0.05, 0) is 26.7 Å². The summed E-state index contributed by atoms with van der Waals surface area (Å²) in [5, 5.41) is 11.8. The summed E-state index contributed by atoms with van der Waals surface area (Å²) in [5.74, 6) is 3.49. The quantitative estimate of drug-likeness (QED) is 0.398. The smallest absolute Gasteiger partial charge is 0.191 e. The molecule has 1 saturated carbocycles. The molecule has 8 heteroatoms. The highest BCUT2D eigenvalue weighted by Crippen LogP contribution is 2.52. The molecule has 4 atom stereocenters. The molecule has 2 N–H and O–H groups in total. The molecule has 0 bridgehead atoms. The molecular formula is C18H31IN6O. The fourth-order valence-electron chi connectivity index (χ4n) is 4.80. The first-order chi connectivity index (χ1) is 12.0. The zero-order chi connectivity index (χ0) is 17.6. The third kappa shape index (κ3) is 3.46. The Balaban J connectivity index is 0.00000196. The molecule has 1 aromatic rings. The van der Waals surface area contributed by atoms with E-state index in [1.54, 1.807) is 0 Å². The van der Waals surface area contributed by atoms with Crippen molar-refractivity contribution in [3.8, 4) is 0 Å². The van der Waals surface area contributed by atoms with E-state index in [0.29, 0.717) is 24.1 Å². The van der Waals surface area contributed by atoms with E-state index in [1.807, 2.05) is 11.6 Å². The third-order valence-corrected chi connectivity index (χ3v) is 6.01. The van der Waals surface area contributed by atoms with Gasteiger partial charge in [0, 0.05) is 43.0 Å². The van der Waals surface area contributed by atoms with Crippen LogP contribution < -0.4 is 10.6 Å². The van der Waals surface area contributed by atoms with Crippen LogP contribution in [0.25, 0.3) is 0 Å². The summed E-state index contributed by atoms with van der Waals surface area (Å²) in [6.07, 6.45) is 3.57. The van der Waals surface area contributed by atoms with Crippen molar-refractivity contribution in [1.29, 1.82) is 0 Å². The number of halogens is 1. The Labute approximate surface area is 172 Å². The number of aliphatic imine (C=N–C) groups is 1. The fraction of sp³-hybridized carbons (Fsp3) is 0.833. The highest BCUT2D eigenvalue weighted by molar-refractivity contribution is 14.0. The predicted molar refractivity (Wildman–Crippen MR) is 112 cm³/mol. The Morgan fingerprint density at radius 2 is 2.15 bits per heavy atom. The molecule has 0 radical (unpaired) electrons. The predicted octanol–water partition coefficient (Wildman–Crippen LogP) is 1.89. The average molecular weight is 474 g/mol. The molecule has 4 unspecified atom stereocenters. The second-order valence-corrected chi connectivity index (χ2v) is 8.15. The zero-order valence-electron chi connectivity index (χ0n) is 16.2. The number of rotatable bonds is 3. The van der Waals surface area contributed by atoms with Crippen LogP contribution in [0.3, 0.4) is 0 Å². The second-order valence-electron chi connectivity index (χ2n) is 8.15. The molecule has 3 heterocycles. The van der Waals surface area contributed by atoms with E-state index in [-0.39, 0.29) is 29.4 Å². The van der Waals surface area contributed by atoms with Crippen LogP contribution in [0.5, 0.6) is 0 Å². The summed E-state index contributed by atoms with van der Waals surface area (Å²) >= 11 is 0. The van der Waals surface area contributed by atoms with Crippen molar-refractivity contribution in [3.63, 3.8) is 0 Å². The van der Waals surface area contributed by atoms with Crippen LogP contribution in [-0.4, -0.2) is 52.1 Å². The minimum Gasteiger partial charge on any atom is -0.377 e. The van der Waals surface area contributed by atoms with Crippen LogP contribution in [0.15, 0.2) is 4.99 Å². The van der Waals surface area contributed by atoms with Crippen LogP contribution in [0.1, 0.15) is 45.3 Å². The normalized spacial score (nSPS) is 32.1. The van der Waals surface area contributed by atoms with Gasteiger partial charge >= 0.3 is 0 Å². The number of ether oxygens (including phenoxy) is 1. The molecular weight excluding hydrogens is 443 g/mol. The van der Waals surface area contributed by atoms with Crippen molar-refractivity contribution < 1.29 is 4.74 Å². The molecule has 0 aromatic carbocycles. The van der Waals surface area contributed by atoms with Gasteiger partial charge in [0.2, 0.25) is 0 Å². The lowest BCUT2D eigenvalue weighted by molar-refractivity contribution is -0.106. The molecule has 26 heavy (non-hydrogen) atoms. The number of hydrogen-bond donors (Lipinski definition) is 2. The summed E-state index contributed by atoms with van der Waals surface area (Å²) in [7, 11) is 0. The van der Waals surface area contributed by atoms with Gasteiger partial charge in [0.1, 0.15) is 11.6 Å². The lowest BCUT2D eigenvalue weighted by atomic mass is 9.57. The topological polar surface area (TPSA) is 76.4 Å². The summed E-state index contributed by atoms with van der Waals surface area (Å²) in [4.78, 5) is 9.18. The van der Waals surface area contributed by atoms with Crippen LogP contribution in [0.2, 0.25) is 0 Å². The van der Waals surface area contributed by atoms with Gasteiger partial charge in [-0.2, -0.15) is 5.10 Å². The van der Waals surface area contributed by atoms with E-state index in [4.69, 9.17) is 4.74 Å². The Morgan fingerprint density at radius 3 is 2.92 bits per heavy atom. The summed E-state index contributed by atoms with van der Waals surface area (Å²) < 4.78 is 7.95. The van der Waals surface area contributed by atoms with Gasteiger partial charge in [0.05, 0.1) is 12.6 Å². The first-order valence-corrected chi connectivity index (χ1v) is 9.58. The first kappa shape index (κ1) is 19.9. The Kier molecular flexibility index (Phi) is 5.81. The maximum absolute atomic E-state index is 5.91.